The first-order valence-corrected chi connectivity index (χ1v) is 7.92. The Hall–Kier alpha value is -1.27. The van der Waals surface area contributed by atoms with Gasteiger partial charge < -0.3 is 15.3 Å². The van der Waals surface area contributed by atoms with Gasteiger partial charge >= 0.3 is 5.69 Å². The van der Waals surface area contributed by atoms with E-state index < -0.39 is 0 Å². The number of H-pyrrole nitrogens is 2. The van der Waals surface area contributed by atoms with Crippen molar-refractivity contribution >= 4 is 32.7 Å². The molecule has 3 heterocycles. The molecule has 1 aromatic heterocycles. The highest BCUT2D eigenvalue weighted by Gasteiger charge is 2.37. The van der Waals surface area contributed by atoms with Gasteiger partial charge in [0.1, 0.15) is 0 Å². The van der Waals surface area contributed by atoms with Crippen LogP contribution in [0.3, 0.4) is 0 Å². The van der Waals surface area contributed by atoms with E-state index in [1.54, 1.807) is 0 Å². The molecular weight excluding hydrogens is 320 g/mol. The van der Waals surface area contributed by atoms with E-state index >= 15 is 0 Å². The first-order valence-electron chi connectivity index (χ1n) is 7.13. The Labute approximate surface area is 124 Å². The first-order chi connectivity index (χ1) is 9.70. The number of hydrogen-bond donors (Lipinski definition) is 3. The van der Waals surface area contributed by atoms with Crippen LogP contribution in [0.5, 0.6) is 0 Å². The van der Waals surface area contributed by atoms with Crippen LogP contribution < -0.4 is 11.0 Å². The van der Waals surface area contributed by atoms with Gasteiger partial charge in [-0.05, 0) is 53.9 Å². The Morgan fingerprint density at radius 1 is 1.20 bits per heavy atom. The lowest BCUT2D eigenvalue weighted by molar-refractivity contribution is 0.318. The van der Waals surface area contributed by atoms with Gasteiger partial charge in [-0.25, -0.2) is 4.79 Å². The van der Waals surface area contributed by atoms with Gasteiger partial charge in [-0.15, -0.1) is 0 Å². The number of aromatic amines is 2. The van der Waals surface area contributed by atoms with E-state index in [0.717, 1.165) is 21.2 Å². The lowest BCUT2D eigenvalue weighted by atomic mass is 10.1. The van der Waals surface area contributed by atoms with Gasteiger partial charge in [0.15, 0.2) is 0 Å². The van der Waals surface area contributed by atoms with E-state index in [2.05, 4.69) is 36.1 Å². The number of benzene rings is 1. The summed E-state index contributed by atoms with van der Waals surface area (Å²) in [6, 6.07) is 5.14. The van der Waals surface area contributed by atoms with Crippen molar-refractivity contribution in [2.45, 2.75) is 31.3 Å². The van der Waals surface area contributed by atoms with Crippen LogP contribution in [-0.2, 0) is 0 Å². The smallest absolute Gasteiger partial charge is 0.323 e. The summed E-state index contributed by atoms with van der Waals surface area (Å²) in [6.45, 7) is 2.44. The van der Waals surface area contributed by atoms with Crippen LogP contribution in [0, 0.1) is 0 Å². The molecule has 0 spiro atoms. The molecule has 2 aromatic rings. The molecule has 106 valence electrons. The van der Waals surface area contributed by atoms with Crippen molar-refractivity contribution in [2.24, 2.45) is 0 Å². The number of imidazole rings is 1. The zero-order valence-electron chi connectivity index (χ0n) is 11.1. The molecule has 0 aliphatic carbocycles. The molecule has 5 nitrogen and oxygen atoms in total. The van der Waals surface area contributed by atoms with Crippen molar-refractivity contribution in [1.29, 1.82) is 0 Å². The third kappa shape index (κ3) is 1.98. The topological polar surface area (TPSA) is 63.9 Å². The number of rotatable bonds is 2. The van der Waals surface area contributed by atoms with Crippen molar-refractivity contribution < 1.29 is 0 Å². The minimum absolute atomic E-state index is 0.160. The average molecular weight is 337 g/mol. The van der Waals surface area contributed by atoms with Gasteiger partial charge in [-0.2, -0.15) is 0 Å². The zero-order valence-corrected chi connectivity index (χ0v) is 12.7. The molecule has 0 radical (unpaired) electrons. The van der Waals surface area contributed by atoms with Crippen molar-refractivity contribution in [2.75, 3.05) is 18.4 Å². The fourth-order valence-corrected chi connectivity index (χ4v) is 4.08. The van der Waals surface area contributed by atoms with Crippen LogP contribution in [0.15, 0.2) is 21.4 Å². The van der Waals surface area contributed by atoms with Gasteiger partial charge in [-0.3, -0.25) is 4.90 Å². The fraction of sp³-hybridized carbons (Fsp3) is 0.500. The molecule has 2 atom stereocenters. The molecular formula is C14H17BrN4O. The highest BCUT2D eigenvalue weighted by atomic mass is 79.9. The SMILES string of the molecule is O=c1[nH]c2cc(Br)c(NC3CCN4CCCC34)cc2[nH]1. The predicted octanol–water partition coefficient (Wildman–Crippen LogP) is 2.27. The maximum atomic E-state index is 11.4. The molecule has 4 rings (SSSR count). The molecule has 0 saturated carbocycles. The quantitative estimate of drug-likeness (QED) is 0.788. The first kappa shape index (κ1) is 12.5. The number of hydrogen-bond acceptors (Lipinski definition) is 3. The number of aromatic nitrogens is 2. The monoisotopic (exact) mass is 336 g/mol. The van der Waals surface area contributed by atoms with Crippen LogP contribution in [0.4, 0.5) is 5.69 Å². The van der Waals surface area contributed by atoms with E-state index in [0.29, 0.717) is 12.1 Å². The van der Waals surface area contributed by atoms with Crippen LogP contribution >= 0.6 is 15.9 Å². The van der Waals surface area contributed by atoms with Gasteiger partial charge in [0.2, 0.25) is 0 Å². The second kappa shape index (κ2) is 4.63. The second-order valence-electron chi connectivity index (χ2n) is 5.74. The summed E-state index contributed by atoms with van der Waals surface area (Å²) in [5.41, 5.74) is 2.58. The number of anilines is 1. The lowest BCUT2D eigenvalue weighted by Crippen LogP contribution is -2.33. The number of nitrogens with zero attached hydrogens (tertiary/aromatic N) is 1. The molecule has 6 heteroatoms. The number of fused-ring (bicyclic) bond motifs is 2. The highest BCUT2D eigenvalue weighted by molar-refractivity contribution is 9.10. The zero-order chi connectivity index (χ0) is 13.7. The van der Waals surface area contributed by atoms with E-state index in [9.17, 15) is 4.79 Å². The van der Waals surface area contributed by atoms with Gasteiger partial charge in [0.05, 0.1) is 16.7 Å². The van der Waals surface area contributed by atoms with E-state index in [-0.39, 0.29) is 5.69 Å². The lowest BCUT2D eigenvalue weighted by Gasteiger charge is -2.22. The van der Waals surface area contributed by atoms with Gasteiger partial charge in [-0.1, -0.05) is 0 Å². The van der Waals surface area contributed by atoms with Crippen LogP contribution in [0.1, 0.15) is 19.3 Å². The Morgan fingerprint density at radius 3 is 2.85 bits per heavy atom. The summed E-state index contributed by atoms with van der Waals surface area (Å²) >= 11 is 3.59. The van der Waals surface area contributed by atoms with Crippen LogP contribution in [0.25, 0.3) is 11.0 Å². The molecule has 2 fully saturated rings. The Balaban J connectivity index is 1.64. The third-order valence-corrected chi connectivity index (χ3v) is 5.21. The highest BCUT2D eigenvalue weighted by Crippen LogP contribution is 2.33. The van der Waals surface area contributed by atoms with Crippen molar-refractivity contribution in [3.63, 3.8) is 0 Å². The number of nitrogens with one attached hydrogen (secondary N) is 3. The minimum atomic E-state index is -0.160. The Kier molecular flexibility index (Phi) is 2.89. The van der Waals surface area contributed by atoms with Gasteiger partial charge in [0, 0.05) is 23.1 Å². The molecule has 2 saturated heterocycles. The average Bonchev–Trinajstić information content (AvgIpc) is 3.06. The summed E-state index contributed by atoms with van der Waals surface area (Å²) in [7, 11) is 0. The van der Waals surface area contributed by atoms with E-state index in [4.69, 9.17) is 0 Å². The van der Waals surface area contributed by atoms with Crippen molar-refractivity contribution in [3.8, 4) is 0 Å². The summed E-state index contributed by atoms with van der Waals surface area (Å²) in [5.74, 6) is 0. The van der Waals surface area contributed by atoms with Crippen LogP contribution in [0.2, 0.25) is 0 Å². The molecule has 3 N–H and O–H groups in total. The van der Waals surface area contributed by atoms with Crippen molar-refractivity contribution in [1.82, 2.24) is 14.9 Å². The summed E-state index contributed by atoms with van der Waals surface area (Å²) in [6.07, 6.45) is 3.80. The molecule has 1 aromatic carbocycles. The second-order valence-corrected chi connectivity index (χ2v) is 6.60. The fourth-order valence-electron chi connectivity index (χ4n) is 3.62. The minimum Gasteiger partial charge on any atom is -0.380 e. The largest absolute Gasteiger partial charge is 0.380 e. The molecule has 0 amide bonds. The van der Waals surface area contributed by atoms with E-state index in [1.165, 1.54) is 32.4 Å². The molecule has 2 aliphatic heterocycles. The normalized spacial score (nSPS) is 26.2. The molecule has 20 heavy (non-hydrogen) atoms. The van der Waals surface area contributed by atoms with Crippen molar-refractivity contribution in [3.05, 3.63) is 27.1 Å². The summed E-state index contributed by atoms with van der Waals surface area (Å²) < 4.78 is 0.997. The van der Waals surface area contributed by atoms with Gasteiger partial charge in [0.25, 0.3) is 0 Å². The van der Waals surface area contributed by atoms with Crippen LogP contribution in [-0.4, -0.2) is 40.0 Å². The Morgan fingerprint density at radius 2 is 2.00 bits per heavy atom. The summed E-state index contributed by atoms with van der Waals surface area (Å²) in [4.78, 5) is 19.5. The Bertz CT molecular complexity index is 707. The molecule has 2 unspecified atom stereocenters. The third-order valence-electron chi connectivity index (χ3n) is 4.55. The maximum absolute atomic E-state index is 11.4. The maximum Gasteiger partial charge on any atom is 0.323 e. The predicted molar refractivity (Wildman–Crippen MR) is 83.2 cm³/mol. The van der Waals surface area contributed by atoms with E-state index in [1.807, 2.05) is 12.1 Å². The summed E-state index contributed by atoms with van der Waals surface area (Å²) in [5, 5.41) is 3.66. The number of halogens is 1. The molecule has 0 bridgehead atoms. The molecule has 2 aliphatic rings. The standard InChI is InChI=1S/C14H17BrN4O/c15-8-6-11-12(18-14(20)17-11)7-10(8)16-9-3-5-19-4-1-2-13(9)19/h6-7,9,13,16H,1-5H2,(H2,17,18,20).